The van der Waals surface area contributed by atoms with E-state index in [0.29, 0.717) is 0 Å². The summed E-state index contributed by atoms with van der Waals surface area (Å²) in [7, 11) is 3.12. The lowest BCUT2D eigenvalue weighted by Gasteiger charge is -1.94. The van der Waals surface area contributed by atoms with Crippen LogP contribution in [0.15, 0.2) is 0 Å². The maximum absolute atomic E-state index is 4.66. The second kappa shape index (κ2) is 4.05. The highest BCUT2D eigenvalue weighted by Crippen LogP contribution is 1.77. The van der Waals surface area contributed by atoms with Gasteiger partial charge in [-0.2, -0.15) is 0 Å². The van der Waals surface area contributed by atoms with Crippen molar-refractivity contribution in [2.75, 3.05) is 20.8 Å². The molecule has 0 unspecified atom stereocenters. The fourth-order valence-electron chi connectivity index (χ4n) is 0.333. The minimum Gasteiger partial charge on any atom is -0.113 e. The summed E-state index contributed by atoms with van der Waals surface area (Å²) in [6.07, 6.45) is 0. The molecule has 0 aromatic carbocycles. The summed E-state index contributed by atoms with van der Waals surface area (Å²) < 4.78 is 0. The Kier molecular flexibility index (Phi) is 3.98. The first kappa shape index (κ1) is 6.88. The number of hydroxylamine groups is 2. The van der Waals surface area contributed by atoms with Crippen LogP contribution in [-0.4, -0.2) is 20.8 Å². The van der Waals surface area contributed by atoms with Crippen LogP contribution in [0.25, 0.3) is 0 Å². The highest BCUT2D eigenvalue weighted by atomic mass is 16.9. The maximum Gasteiger partial charge on any atom is 0.199 e. The Hall–Kier alpha value is -0.120. The molecule has 0 aliphatic heterocycles. The molecule has 7 heavy (non-hydrogen) atoms. The standard InChI is InChI=1S/C4H11NO2/c1-4-5(6-2)7-3/h4H2,1-3H3/q+1. The summed E-state index contributed by atoms with van der Waals surface area (Å²) in [4.78, 5) is 9.32. The second-order valence-corrected chi connectivity index (χ2v) is 1.01. The van der Waals surface area contributed by atoms with Gasteiger partial charge < -0.3 is 0 Å². The monoisotopic (exact) mass is 105 g/mol. The van der Waals surface area contributed by atoms with Gasteiger partial charge in [0.25, 0.3) is 0 Å². The van der Waals surface area contributed by atoms with E-state index >= 15 is 0 Å². The lowest BCUT2D eigenvalue weighted by atomic mass is 10.8. The van der Waals surface area contributed by atoms with Gasteiger partial charge in [0.15, 0.2) is 11.8 Å². The van der Waals surface area contributed by atoms with Gasteiger partial charge in [0.2, 0.25) is 0 Å². The predicted molar refractivity (Wildman–Crippen MR) is 26.7 cm³/mol. The van der Waals surface area contributed by atoms with Crippen LogP contribution in [0.3, 0.4) is 0 Å². The molecule has 0 amide bonds. The summed E-state index contributed by atoms with van der Waals surface area (Å²) in [6, 6.07) is 0. The summed E-state index contributed by atoms with van der Waals surface area (Å²) in [5, 5.41) is 1.38. The number of rotatable bonds is 3. The van der Waals surface area contributed by atoms with Gasteiger partial charge in [-0.1, -0.05) is 0 Å². The lowest BCUT2D eigenvalue weighted by Crippen LogP contribution is -2.26. The maximum atomic E-state index is 4.66. The van der Waals surface area contributed by atoms with E-state index in [1.165, 1.54) is 5.23 Å². The van der Waals surface area contributed by atoms with E-state index in [0.717, 1.165) is 6.54 Å². The fourth-order valence-corrected chi connectivity index (χ4v) is 0.333. The van der Waals surface area contributed by atoms with Crippen LogP contribution in [0.2, 0.25) is 0 Å². The Morgan fingerprint density at radius 2 is 1.71 bits per heavy atom. The molecule has 0 fully saturated rings. The van der Waals surface area contributed by atoms with Crippen molar-refractivity contribution in [2.24, 2.45) is 0 Å². The summed E-state index contributed by atoms with van der Waals surface area (Å²) >= 11 is 0. The second-order valence-electron chi connectivity index (χ2n) is 1.01. The molecule has 0 aromatic heterocycles. The average Bonchev–Trinajstić information content (AvgIpc) is 1.72. The third-order valence-electron chi connectivity index (χ3n) is 0.665. The highest BCUT2D eigenvalue weighted by Gasteiger charge is 2.07. The van der Waals surface area contributed by atoms with Gasteiger partial charge in [-0.05, 0) is 6.92 Å². The van der Waals surface area contributed by atoms with Crippen LogP contribution in [0, 0.1) is 0 Å². The Balaban J connectivity index is 2.99. The highest BCUT2D eigenvalue weighted by molar-refractivity contribution is 4.18. The molecule has 0 N–H and O–H groups in total. The van der Waals surface area contributed by atoms with Crippen LogP contribution in [0.1, 0.15) is 6.92 Å². The van der Waals surface area contributed by atoms with Crippen LogP contribution < -0.4 is 5.23 Å². The molecule has 0 heterocycles. The van der Waals surface area contributed by atoms with Crippen molar-refractivity contribution in [2.45, 2.75) is 6.92 Å². The topological polar surface area (TPSA) is 24.4 Å². The fraction of sp³-hybridized carbons (Fsp3) is 1.00. The number of hydrogen-bond donors (Lipinski definition) is 0. The van der Waals surface area contributed by atoms with Crippen molar-refractivity contribution >= 4 is 0 Å². The predicted octanol–water partition coefficient (Wildman–Crippen LogP) is 0.269. The Bertz CT molecular complexity index is 31.2. The molecule has 0 aliphatic carbocycles. The Morgan fingerprint density at radius 1 is 1.29 bits per heavy atom. The van der Waals surface area contributed by atoms with Gasteiger partial charge in [-0.3, -0.25) is 0 Å². The van der Waals surface area contributed by atoms with Crippen molar-refractivity contribution in [1.82, 2.24) is 5.23 Å². The lowest BCUT2D eigenvalue weighted by molar-refractivity contribution is -0.246. The van der Waals surface area contributed by atoms with Gasteiger partial charge in [-0.25, -0.2) is 0 Å². The zero-order valence-corrected chi connectivity index (χ0v) is 4.97. The van der Waals surface area contributed by atoms with E-state index in [1.807, 2.05) is 6.92 Å². The molecular weight excluding hydrogens is 94.0 g/mol. The third-order valence-corrected chi connectivity index (χ3v) is 0.665. The number of hydrogen-bond acceptors (Lipinski definition) is 3. The van der Waals surface area contributed by atoms with Crippen molar-refractivity contribution < 1.29 is 9.68 Å². The smallest absolute Gasteiger partial charge is 0.113 e. The van der Waals surface area contributed by atoms with Crippen molar-refractivity contribution in [1.29, 1.82) is 0 Å². The van der Waals surface area contributed by atoms with Gasteiger partial charge >= 0.3 is 0 Å². The SMILES string of the molecule is CC[N+](OC)OC. The molecule has 0 bridgehead atoms. The third kappa shape index (κ3) is 2.56. The van der Waals surface area contributed by atoms with E-state index in [9.17, 15) is 0 Å². The summed E-state index contributed by atoms with van der Waals surface area (Å²) in [5.74, 6) is 0. The van der Waals surface area contributed by atoms with Gasteiger partial charge in [0, 0.05) is 0 Å². The normalized spacial score (nSPS) is 10.3. The molecule has 1 radical (unpaired) electrons. The molecule has 0 saturated carbocycles. The quantitative estimate of drug-likeness (QED) is 0.481. The zero-order chi connectivity index (χ0) is 5.70. The molecule has 3 heteroatoms. The van der Waals surface area contributed by atoms with Crippen LogP contribution in [0.5, 0.6) is 0 Å². The molecule has 3 nitrogen and oxygen atoms in total. The van der Waals surface area contributed by atoms with E-state index in [1.54, 1.807) is 14.2 Å². The van der Waals surface area contributed by atoms with Gasteiger partial charge in [0.1, 0.15) is 14.2 Å². The largest absolute Gasteiger partial charge is 0.199 e. The van der Waals surface area contributed by atoms with Crippen LogP contribution >= 0.6 is 0 Å². The van der Waals surface area contributed by atoms with Gasteiger partial charge in [-0.15, -0.1) is 9.68 Å². The molecule has 0 aromatic rings. The molecule has 0 rings (SSSR count). The Morgan fingerprint density at radius 3 is 1.71 bits per heavy atom. The van der Waals surface area contributed by atoms with Crippen molar-refractivity contribution in [3.63, 3.8) is 0 Å². The number of nitrogens with zero attached hydrogens (tertiary/aromatic N) is 1. The molecule has 43 valence electrons. The zero-order valence-electron chi connectivity index (χ0n) is 4.97. The van der Waals surface area contributed by atoms with Crippen molar-refractivity contribution in [3.05, 3.63) is 0 Å². The summed E-state index contributed by atoms with van der Waals surface area (Å²) in [5.41, 5.74) is 0. The van der Waals surface area contributed by atoms with Crippen LogP contribution in [0.4, 0.5) is 0 Å². The average molecular weight is 105 g/mol. The minimum absolute atomic E-state index is 0.743. The van der Waals surface area contributed by atoms with Crippen LogP contribution in [-0.2, 0) is 9.68 Å². The first-order valence-corrected chi connectivity index (χ1v) is 2.20. The van der Waals surface area contributed by atoms with E-state index in [-0.39, 0.29) is 0 Å². The van der Waals surface area contributed by atoms with E-state index < -0.39 is 0 Å². The minimum atomic E-state index is 0.743. The van der Waals surface area contributed by atoms with Crippen molar-refractivity contribution in [3.8, 4) is 0 Å². The molecule has 0 atom stereocenters. The molecule has 0 aliphatic rings. The first-order chi connectivity index (χ1) is 3.35. The summed E-state index contributed by atoms with van der Waals surface area (Å²) in [6.45, 7) is 2.68. The van der Waals surface area contributed by atoms with E-state index in [2.05, 4.69) is 9.68 Å². The van der Waals surface area contributed by atoms with Gasteiger partial charge in [0.05, 0.1) is 0 Å². The Labute approximate surface area is 43.7 Å². The molecule has 0 saturated heterocycles. The first-order valence-electron chi connectivity index (χ1n) is 2.20. The molecule has 0 spiro atoms. The van der Waals surface area contributed by atoms with E-state index in [4.69, 9.17) is 0 Å². The molecular formula is C4H11NO2+.